The molecule has 110 valence electrons. The molecule has 1 amide bonds. The van der Waals surface area contributed by atoms with Crippen molar-refractivity contribution in [2.45, 2.75) is 6.54 Å². The monoisotopic (exact) mass is 290 g/mol. The number of aromatic carboxylic acids is 1. The van der Waals surface area contributed by atoms with Crippen LogP contribution in [-0.2, 0) is 6.54 Å². The number of carbonyl (C=O) groups is 2. The molecule has 4 N–H and O–H groups in total. The number of hydrogen-bond donors (Lipinski definition) is 3. The number of amides is 1. The molecular formula is C14H14N2O5. The lowest BCUT2D eigenvalue weighted by molar-refractivity contribution is 0.0693. The summed E-state index contributed by atoms with van der Waals surface area (Å²) in [5, 5.41) is 11.6. The van der Waals surface area contributed by atoms with Crippen molar-refractivity contribution in [3.8, 4) is 5.75 Å². The fraction of sp³-hybridized carbons (Fsp3) is 0.143. The van der Waals surface area contributed by atoms with Gasteiger partial charge in [-0.1, -0.05) is 0 Å². The summed E-state index contributed by atoms with van der Waals surface area (Å²) in [6.07, 6.45) is 0. The smallest absolute Gasteiger partial charge is 0.339 e. The number of hydrogen-bond acceptors (Lipinski definition) is 5. The Labute approximate surface area is 120 Å². The predicted molar refractivity (Wildman–Crippen MR) is 74.5 cm³/mol. The molecule has 0 spiro atoms. The van der Waals surface area contributed by atoms with Gasteiger partial charge in [-0.25, -0.2) is 4.79 Å². The van der Waals surface area contributed by atoms with Gasteiger partial charge in [0, 0.05) is 11.8 Å². The highest BCUT2D eigenvalue weighted by molar-refractivity contribution is 6.02. The van der Waals surface area contributed by atoms with Crippen LogP contribution in [0.3, 0.4) is 0 Å². The highest BCUT2D eigenvalue weighted by atomic mass is 16.5. The zero-order chi connectivity index (χ0) is 15.4. The number of methoxy groups -OCH3 is 1. The largest absolute Gasteiger partial charge is 0.496 e. The summed E-state index contributed by atoms with van der Waals surface area (Å²) in [7, 11) is 1.35. The molecule has 0 saturated heterocycles. The Morgan fingerprint density at radius 2 is 2.10 bits per heavy atom. The molecule has 21 heavy (non-hydrogen) atoms. The number of nitrogens with two attached hydrogens (primary N) is 1. The Balaban J connectivity index is 2.19. The van der Waals surface area contributed by atoms with Crippen LogP contribution in [0.4, 0.5) is 5.69 Å². The molecule has 7 heteroatoms. The molecule has 2 aromatic rings. The van der Waals surface area contributed by atoms with Crippen molar-refractivity contribution in [1.29, 1.82) is 0 Å². The maximum Gasteiger partial charge on any atom is 0.339 e. The lowest BCUT2D eigenvalue weighted by Gasteiger charge is -2.08. The van der Waals surface area contributed by atoms with Crippen molar-refractivity contribution in [3.05, 3.63) is 47.4 Å². The number of carbonyl (C=O) groups excluding carboxylic acids is 1. The van der Waals surface area contributed by atoms with Gasteiger partial charge < -0.3 is 25.3 Å². The number of benzene rings is 1. The maximum absolute atomic E-state index is 12.0. The Hall–Kier alpha value is -2.80. The normalized spacial score (nSPS) is 10.2. The van der Waals surface area contributed by atoms with Crippen molar-refractivity contribution in [2.75, 3.05) is 12.4 Å². The van der Waals surface area contributed by atoms with Gasteiger partial charge in [0.25, 0.3) is 5.91 Å². The van der Waals surface area contributed by atoms with Gasteiger partial charge in [-0.05, 0) is 24.3 Å². The molecule has 0 atom stereocenters. The molecule has 0 bridgehead atoms. The molecule has 7 nitrogen and oxygen atoms in total. The molecule has 1 heterocycles. The van der Waals surface area contributed by atoms with Crippen LogP contribution in [0.15, 0.2) is 34.7 Å². The van der Waals surface area contributed by atoms with Crippen LogP contribution in [-0.4, -0.2) is 24.1 Å². The first-order chi connectivity index (χ1) is 10.0. The molecule has 0 fully saturated rings. The topological polar surface area (TPSA) is 115 Å². The Bertz CT molecular complexity index is 678. The number of ether oxygens (including phenoxy) is 1. The molecule has 0 aliphatic carbocycles. The molecule has 0 saturated carbocycles. The van der Waals surface area contributed by atoms with Gasteiger partial charge in [-0.3, -0.25) is 4.79 Å². The summed E-state index contributed by atoms with van der Waals surface area (Å²) in [5.74, 6) is -0.791. The van der Waals surface area contributed by atoms with Gasteiger partial charge in [-0.2, -0.15) is 0 Å². The van der Waals surface area contributed by atoms with Crippen molar-refractivity contribution in [2.24, 2.45) is 5.73 Å². The van der Waals surface area contributed by atoms with Crippen LogP contribution in [0.5, 0.6) is 5.75 Å². The minimum Gasteiger partial charge on any atom is -0.496 e. The van der Waals surface area contributed by atoms with E-state index in [4.69, 9.17) is 20.0 Å². The molecule has 2 rings (SSSR count). The average Bonchev–Trinajstić information content (AvgIpc) is 2.95. The summed E-state index contributed by atoms with van der Waals surface area (Å²) >= 11 is 0. The molecule has 1 aromatic heterocycles. The van der Waals surface area contributed by atoms with E-state index in [-0.39, 0.29) is 23.6 Å². The van der Waals surface area contributed by atoms with Crippen molar-refractivity contribution in [3.63, 3.8) is 0 Å². The predicted octanol–water partition coefficient (Wildman–Crippen LogP) is 1.70. The standard InChI is InChI=1S/C14H14N2O5/c1-20-12-6-8(2-4-10(12)14(18)19)16-13(17)11-5-3-9(7-15)21-11/h2-6H,7,15H2,1H3,(H,16,17)(H,18,19). The van der Waals surface area contributed by atoms with Gasteiger partial charge in [-0.15, -0.1) is 0 Å². The number of nitrogens with one attached hydrogen (secondary N) is 1. The summed E-state index contributed by atoms with van der Waals surface area (Å²) in [6, 6.07) is 7.37. The highest BCUT2D eigenvalue weighted by Gasteiger charge is 2.14. The van der Waals surface area contributed by atoms with E-state index >= 15 is 0 Å². The van der Waals surface area contributed by atoms with E-state index < -0.39 is 11.9 Å². The van der Waals surface area contributed by atoms with E-state index in [2.05, 4.69) is 5.32 Å². The minimum atomic E-state index is -1.11. The maximum atomic E-state index is 12.0. The van der Waals surface area contributed by atoms with E-state index in [1.165, 1.54) is 31.4 Å². The summed E-state index contributed by atoms with van der Waals surface area (Å²) in [6.45, 7) is 0.203. The third kappa shape index (κ3) is 3.21. The molecular weight excluding hydrogens is 276 g/mol. The number of furan rings is 1. The fourth-order valence-electron chi connectivity index (χ4n) is 1.75. The average molecular weight is 290 g/mol. The van der Waals surface area contributed by atoms with E-state index in [9.17, 15) is 9.59 Å². The SMILES string of the molecule is COc1cc(NC(=O)c2ccc(CN)o2)ccc1C(=O)O. The van der Waals surface area contributed by atoms with Gasteiger partial charge in [0.15, 0.2) is 5.76 Å². The lowest BCUT2D eigenvalue weighted by Crippen LogP contribution is -2.11. The van der Waals surface area contributed by atoms with Gasteiger partial charge in [0.2, 0.25) is 0 Å². The van der Waals surface area contributed by atoms with Crippen molar-refractivity contribution < 1.29 is 23.8 Å². The van der Waals surface area contributed by atoms with Crippen LogP contribution in [0.2, 0.25) is 0 Å². The minimum absolute atomic E-state index is 0.0129. The van der Waals surface area contributed by atoms with Crippen molar-refractivity contribution in [1.82, 2.24) is 0 Å². The first-order valence-electron chi connectivity index (χ1n) is 6.06. The molecule has 0 aliphatic rings. The Morgan fingerprint density at radius 1 is 1.33 bits per heavy atom. The van der Waals surface area contributed by atoms with Crippen LogP contribution < -0.4 is 15.8 Å². The summed E-state index contributed by atoms with van der Waals surface area (Å²) in [5.41, 5.74) is 5.81. The highest BCUT2D eigenvalue weighted by Crippen LogP contribution is 2.23. The zero-order valence-corrected chi connectivity index (χ0v) is 11.3. The Kier molecular flexibility index (Phi) is 4.24. The van der Waals surface area contributed by atoms with E-state index in [1.807, 2.05) is 0 Å². The quantitative estimate of drug-likeness (QED) is 0.772. The number of carboxylic acids is 1. The van der Waals surface area contributed by atoms with E-state index in [0.717, 1.165) is 0 Å². The van der Waals surface area contributed by atoms with Crippen LogP contribution >= 0.6 is 0 Å². The molecule has 0 aliphatic heterocycles. The zero-order valence-electron chi connectivity index (χ0n) is 11.3. The van der Waals surface area contributed by atoms with Gasteiger partial charge in [0.05, 0.1) is 13.7 Å². The molecule has 0 radical (unpaired) electrons. The third-order valence-electron chi connectivity index (χ3n) is 2.78. The van der Waals surface area contributed by atoms with Crippen LogP contribution in [0.1, 0.15) is 26.7 Å². The van der Waals surface area contributed by atoms with E-state index in [0.29, 0.717) is 11.4 Å². The fourth-order valence-corrected chi connectivity index (χ4v) is 1.75. The number of anilines is 1. The Morgan fingerprint density at radius 3 is 2.67 bits per heavy atom. The van der Waals surface area contributed by atoms with Gasteiger partial charge >= 0.3 is 5.97 Å². The molecule has 0 unspecified atom stereocenters. The first-order valence-corrected chi connectivity index (χ1v) is 6.06. The third-order valence-corrected chi connectivity index (χ3v) is 2.78. The lowest BCUT2D eigenvalue weighted by atomic mass is 10.2. The second kappa shape index (κ2) is 6.10. The second-order valence-corrected chi connectivity index (χ2v) is 4.14. The summed E-state index contributed by atoms with van der Waals surface area (Å²) < 4.78 is 10.2. The first kappa shape index (κ1) is 14.6. The number of rotatable bonds is 5. The van der Waals surface area contributed by atoms with Crippen LogP contribution in [0, 0.1) is 0 Å². The van der Waals surface area contributed by atoms with Crippen molar-refractivity contribution >= 4 is 17.6 Å². The molecule has 1 aromatic carbocycles. The summed E-state index contributed by atoms with van der Waals surface area (Å²) in [4.78, 5) is 22.9. The second-order valence-electron chi connectivity index (χ2n) is 4.14. The van der Waals surface area contributed by atoms with E-state index in [1.54, 1.807) is 6.07 Å². The van der Waals surface area contributed by atoms with Gasteiger partial charge in [0.1, 0.15) is 17.1 Å². The van der Waals surface area contributed by atoms with Crippen LogP contribution in [0.25, 0.3) is 0 Å². The number of carboxylic acid groups (broad SMARTS) is 1.